The van der Waals surface area contributed by atoms with Crippen molar-refractivity contribution in [3.63, 3.8) is 0 Å². The number of nitrogens with one attached hydrogen (secondary N) is 2. The molecule has 0 amide bonds. The van der Waals surface area contributed by atoms with Crippen LogP contribution in [0.25, 0.3) is 16.5 Å². The van der Waals surface area contributed by atoms with Crippen molar-refractivity contribution in [1.29, 1.82) is 0 Å². The number of fused-ring (bicyclic) bond motifs is 1. The summed E-state index contributed by atoms with van der Waals surface area (Å²) in [5, 5.41) is 22.8. The Labute approximate surface area is 179 Å². The van der Waals surface area contributed by atoms with E-state index in [9.17, 15) is 9.90 Å². The highest BCUT2D eigenvalue weighted by Gasteiger charge is 2.16. The Hall–Kier alpha value is -2.90. The van der Waals surface area contributed by atoms with Crippen molar-refractivity contribution in [2.75, 3.05) is 12.3 Å². The Morgan fingerprint density at radius 1 is 1.20 bits per heavy atom. The predicted octanol–water partition coefficient (Wildman–Crippen LogP) is 5.00. The SMILES string of the molecule is O=C(O)Oc1ccc2[nH]cc(CSCCC3CC(c4ccc(O)cc4)=CCN3)c2c1. The molecule has 0 saturated heterocycles. The lowest BCUT2D eigenvalue weighted by molar-refractivity contribution is 0.144. The molecule has 0 saturated carbocycles. The number of phenolic OH excluding ortho intramolecular Hbond substituents is 1. The largest absolute Gasteiger partial charge is 0.511 e. The van der Waals surface area contributed by atoms with E-state index in [-0.39, 0.29) is 0 Å². The van der Waals surface area contributed by atoms with Gasteiger partial charge in [-0.3, -0.25) is 0 Å². The molecule has 1 atom stereocenters. The molecule has 0 aliphatic carbocycles. The molecule has 4 N–H and O–H groups in total. The van der Waals surface area contributed by atoms with Gasteiger partial charge >= 0.3 is 6.16 Å². The topological polar surface area (TPSA) is 94.6 Å². The number of ether oxygens (including phenoxy) is 1. The number of hydrogen-bond donors (Lipinski definition) is 4. The van der Waals surface area contributed by atoms with E-state index in [1.165, 1.54) is 11.1 Å². The third-order valence-corrected chi connectivity index (χ3v) is 6.31. The minimum Gasteiger partial charge on any atom is -0.508 e. The third-order valence-electron chi connectivity index (χ3n) is 5.27. The molecular formula is C23H24N2O4S. The van der Waals surface area contributed by atoms with Crippen LogP contribution in [0, 0.1) is 0 Å². The van der Waals surface area contributed by atoms with Gasteiger partial charge in [0.2, 0.25) is 0 Å². The number of carbonyl (C=O) groups is 1. The zero-order valence-electron chi connectivity index (χ0n) is 16.4. The average molecular weight is 425 g/mol. The molecular weight excluding hydrogens is 400 g/mol. The van der Waals surface area contributed by atoms with Crippen molar-refractivity contribution < 1.29 is 19.7 Å². The van der Waals surface area contributed by atoms with Gasteiger partial charge in [-0.25, -0.2) is 4.79 Å². The van der Waals surface area contributed by atoms with Crippen LogP contribution in [0.4, 0.5) is 4.79 Å². The molecule has 2 aromatic carbocycles. The van der Waals surface area contributed by atoms with Crippen LogP contribution in [0.1, 0.15) is 24.0 Å². The minimum atomic E-state index is -1.30. The van der Waals surface area contributed by atoms with Crippen LogP contribution in [0.5, 0.6) is 11.5 Å². The van der Waals surface area contributed by atoms with Gasteiger partial charge in [-0.15, -0.1) is 0 Å². The first-order valence-electron chi connectivity index (χ1n) is 9.89. The van der Waals surface area contributed by atoms with Gasteiger partial charge < -0.3 is 25.3 Å². The second-order valence-electron chi connectivity index (χ2n) is 7.32. The van der Waals surface area contributed by atoms with Crippen LogP contribution in [0.2, 0.25) is 0 Å². The first-order valence-corrected chi connectivity index (χ1v) is 11.0. The Bertz CT molecular complexity index is 1060. The van der Waals surface area contributed by atoms with Gasteiger partial charge in [0.15, 0.2) is 0 Å². The zero-order chi connectivity index (χ0) is 20.9. The summed E-state index contributed by atoms with van der Waals surface area (Å²) in [4.78, 5) is 14.0. The van der Waals surface area contributed by atoms with Crippen molar-refractivity contribution in [3.05, 3.63) is 65.9 Å². The van der Waals surface area contributed by atoms with Crippen LogP contribution in [-0.2, 0) is 5.75 Å². The number of carboxylic acid groups (broad SMARTS) is 1. The standard InChI is InChI=1S/C23H24N2O4S/c26-19-3-1-15(2-4-19)16-7-9-24-18(11-16)8-10-30-14-17-13-25-22-6-5-20(12-21(17)22)29-23(27)28/h1-7,12-13,18,24-26H,8-11,14H2,(H,27,28). The number of aromatic nitrogens is 1. The Balaban J connectivity index is 1.29. The molecule has 30 heavy (non-hydrogen) atoms. The molecule has 0 bridgehead atoms. The molecule has 2 heterocycles. The summed E-state index contributed by atoms with van der Waals surface area (Å²) >= 11 is 1.87. The normalized spacial score (nSPS) is 16.4. The number of phenols is 1. The smallest absolute Gasteiger partial charge is 0.508 e. The van der Waals surface area contributed by atoms with E-state index in [0.717, 1.165) is 47.4 Å². The molecule has 0 radical (unpaired) electrons. The van der Waals surface area contributed by atoms with E-state index in [0.29, 0.717) is 17.5 Å². The van der Waals surface area contributed by atoms with Crippen LogP contribution in [-0.4, -0.2) is 39.7 Å². The maximum absolute atomic E-state index is 10.8. The maximum atomic E-state index is 10.8. The quantitative estimate of drug-likeness (QED) is 0.242. The fraction of sp³-hybridized carbons (Fsp3) is 0.261. The van der Waals surface area contributed by atoms with E-state index >= 15 is 0 Å². The van der Waals surface area contributed by atoms with Gasteiger partial charge in [0.1, 0.15) is 11.5 Å². The number of thioether (sulfide) groups is 1. The zero-order valence-corrected chi connectivity index (χ0v) is 17.2. The van der Waals surface area contributed by atoms with Crippen molar-refractivity contribution in [2.45, 2.75) is 24.6 Å². The highest BCUT2D eigenvalue weighted by atomic mass is 32.2. The van der Waals surface area contributed by atoms with E-state index in [1.54, 1.807) is 24.3 Å². The van der Waals surface area contributed by atoms with E-state index in [2.05, 4.69) is 16.4 Å². The first-order chi connectivity index (χ1) is 14.6. The second kappa shape index (κ2) is 9.28. The van der Waals surface area contributed by atoms with Crippen LogP contribution in [0.15, 0.2) is 54.7 Å². The summed E-state index contributed by atoms with van der Waals surface area (Å²) in [6.07, 6.45) is 4.94. The van der Waals surface area contributed by atoms with Gasteiger partial charge in [-0.2, -0.15) is 11.8 Å². The average Bonchev–Trinajstić information content (AvgIpc) is 3.14. The summed E-state index contributed by atoms with van der Waals surface area (Å²) in [6.45, 7) is 0.861. The third kappa shape index (κ3) is 4.98. The lowest BCUT2D eigenvalue weighted by atomic mass is 9.94. The number of H-pyrrole nitrogens is 1. The van der Waals surface area contributed by atoms with E-state index in [1.807, 2.05) is 36.2 Å². The molecule has 1 aliphatic rings. The fourth-order valence-electron chi connectivity index (χ4n) is 3.73. The Morgan fingerprint density at radius 2 is 2.03 bits per heavy atom. The summed E-state index contributed by atoms with van der Waals surface area (Å²) in [6, 6.07) is 13.1. The molecule has 7 heteroatoms. The van der Waals surface area contributed by atoms with Crippen molar-refractivity contribution in [1.82, 2.24) is 10.3 Å². The second-order valence-corrected chi connectivity index (χ2v) is 8.42. The number of rotatable bonds is 7. The Morgan fingerprint density at radius 3 is 2.83 bits per heavy atom. The summed E-state index contributed by atoms with van der Waals surface area (Å²) in [7, 11) is 0. The van der Waals surface area contributed by atoms with Gasteiger partial charge in [-0.1, -0.05) is 18.2 Å². The molecule has 6 nitrogen and oxygen atoms in total. The molecule has 1 aliphatic heterocycles. The van der Waals surface area contributed by atoms with Crippen LogP contribution >= 0.6 is 11.8 Å². The van der Waals surface area contributed by atoms with Crippen LogP contribution < -0.4 is 10.1 Å². The molecule has 3 aromatic rings. The minimum absolute atomic E-state index is 0.292. The number of benzene rings is 2. The van der Waals surface area contributed by atoms with Gasteiger partial charge in [0.05, 0.1) is 0 Å². The Kier molecular flexibility index (Phi) is 6.30. The number of aromatic hydroxyl groups is 1. The number of hydrogen-bond acceptors (Lipinski definition) is 5. The first kappa shape index (κ1) is 20.4. The molecule has 4 rings (SSSR count). The molecule has 0 fully saturated rings. The van der Waals surface area contributed by atoms with Gasteiger partial charge in [0.25, 0.3) is 0 Å². The maximum Gasteiger partial charge on any atom is 0.511 e. The van der Waals surface area contributed by atoms with Crippen LogP contribution in [0.3, 0.4) is 0 Å². The molecule has 0 spiro atoms. The summed E-state index contributed by atoms with van der Waals surface area (Å²) in [5.74, 6) is 2.50. The lowest BCUT2D eigenvalue weighted by Crippen LogP contribution is -2.33. The molecule has 1 unspecified atom stereocenters. The predicted molar refractivity (Wildman–Crippen MR) is 120 cm³/mol. The van der Waals surface area contributed by atoms with Crippen molar-refractivity contribution in [2.24, 2.45) is 0 Å². The van der Waals surface area contributed by atoms with E-state index in [4.69, 9.17) is 9.84 Å². The van der Waals surface area contributed by atoms with Crippen molar-refractivity contribution in [3.8, 4) is 11.5 Å². The monoisotopic (exact) mass is 424 g/mol. The van der Waals surface area contributed by atoms with Crippen molar-refractivity contribution >= 4 is 34.4 Å². The van der Waals surface area contributed by atoms with E-state index < -0.39 is 6.16 Å². The fourth-order valence-corrected chi connectivity index (χ4v) is 4.79. The van der Waals surface area contributed by atoms with Gasteiger partial charge in [0, 0.05) is 35.4 Å². The highest BCUT2D eigenvalue weighted by molar-refractivity contribution is 7.98. The lowest BCUT2D eigenvalue weighted by Gasteiger charge is -2.24. The highest BCUT2D eigenvalue weighted by Crippen LogP contribution is 2.29. The summed E-state index contributed by atoms with van der Waals surface area (Å²) < 4.78 is 4.77. The molecule has 156 valence electrons. The number of aromatic amines is 1. The summed E-state index contributed by atoms with van der Waals surface area (Å²) in [5.41, 5.74) is 4.62. The van der Waals surface area contributed by atoms with Gasteiger partial charge in [-0.05, 0) is 65.6 Å². The molecule has 1 aromatic heterocycles.